The zero-order valence-electron chi connectivity index (χ0n) is 13.6. The summed E-state index contributed by atoms with van der Waals surface area (Å²) in [6.45, 7) is 0.327. The van der Waals surface area contributed by atoms with E-state index >= 15 is 0 Å². The summed E-state index contributed by atoms with van der Waals surface area (Å²) in [4.78, 5) is 12.5. The second-order valence-corrected chi connectivity index (χ2v) is 5.65. The number of carbonyl (C=O) groups is 1. The first-order chi connectivity index (χ1) is 12.2. The number of hydroxylamine groups is 1. The SMILES string of the molecule is Nc1ccc(-c2ccccc2)cc1NC(=O)c1ccc(CNO)cc1. The summed E-state index contributed by atoms with van der Waals surface area (Å²) >= 11 is 0. The lowest BCUT2D eigenvalue weighted by molar-refractivity contribution is 0.102. The molecule has 5 heteroatoms. The van der Waals surface area contributed by atoms with Crippen LogP contribution in [-0.4, -0.2) is 11.1 Å². The van der Waals surface area contributed by atoms with E-state index in [9.17, 15) is 4.79 Å². The highest BCUT2D eigenvalue weighted by Gasteiger charge is 2.09. The van der Waals surface area contributed by atoms with Crippen LogP contribution >= 0.6 is 0 Å². The maximum Gasteiger partial charge on any atom is 0.255 e. The molecule has 5 nitrogen and oxygen atoms in total. The summed E-state index contributed by atoms with van der Waals surface area (Å²) in [5.41, 5.74) is 12.6. The first-order valence-electron chi connectivity index (χ1n) is 7.89. The van der Waals surface area contributed by atoms with Crippen LogP contribution in [0.3, 0.4) is 0 Å². The van der Waals surface area contributed by atoms with Crippen molar-refractivity contribution in [3.8, 4) is 11.1 Å². The van der Waals surface area contributed by atoms with Gasteiger partial charge in [-0.3, -0.25) is 4.79 Å². The van der Waals surface area contributed by atoms with Crippen molar-refractivity contribution in [3.63, 3.8) is 0 Å². The quantitative estimate of drug-likeness (QED) is 0.424. The van der Waals surface area contributed by atoms with E-state index in [-0.39, 0.29) is 5.91 Å². The van der Waals surface area contributed by atoms with Crippen molar-refractivity contribution in [2.45, 2.75) is 6.54 Å². The van der Waals surface area contributed by atoms with Gasteiger partial charge in [-0.15, -0.1) is 0 Å². The second kappa shape index (κ2) is 7.61. The van der Waals surface area contributed by atoms with E-state index in [4.69, 9.17) is 10.9 Å². The Bertz CT molecular complexity index is 862. The molecule has 0 saturated heterocycles. The molecule has 0 fully saturated rings. The molecule has 0 aliphatic carbocycles. The van der Waals surface area contributed by atoms with Gasteiger partial charge in [0.05, 0.1) is 11.4 Å². The van der Waals surface area contributed by atoms with E-state index in [0.29, 0.717) is 23.5 Å². The summed E-state index contributed by atoms with van der Waals surface area (Å²) < 4.78 is 0. The van der Waals surface area contributed by atoms with Crippen molar-refractivity contribution in [2.75, 3.05) is 11.1 Å². The van der Waals surface area contributed by atoms with Crippen molar-refractivity contribution in [1.82, 2.24) is 5.48 Å². The van der Waals surface area contributed by atoms with E-state index in [1.807, 2.05) is 42.5 Å². The Morgan fingerprint density at radius 3 is 2.32 bits per heavy atom. The molecule has 3 rings (SSSR count). The molecule has 0 aromatic heterocycles. The van der Waals surface area contributed by atoms with Crippen LogP contribution in [0.2, 0.25) is 0 Å². The minimum absolute atomic E-state index is 0.236. The Labute approximate surface area is 146 Å². The Morgan fingerprint density at radius 2 is 1.64 bits per heavy atom. The van der Waals surface area contributed by atoms with Gasteiger partial charge in [0, 0.05) is 12.1 Å². The van der Waals surface area contributed by atoms with Crippen molar-refractivity contribution in [2.24, 2.45) is 0 Å². The minimum atomic E-state index is -0.236. The first kappa shape index (κ1) is 16.7. The van der Waals surface area contributed by atoms with Crippen LogP contribution in [-0.2, 0) is 6.54 Å². The van der Waals surface area contributed by atoms with Gasteiger partial charge in [0.15, 0.2) is 0 Å². The van der Waals surface area contributed by atoms with Gasteiger partial charge in [-0.1, -0.05) is 48.5 Å². The van der Waals surface area contributed by atoms with Crippen LogP contribution < -0.4 is 16.5 Å². The summed E-state index contributed by atoms with van der Waals surface area (Å²) in [5, 5.41) is 11.6. The van der Waals surface area contributed by atoms with Crippen molar-refractivity contribution in [3.05, 3.63) is 83.9 Å². The molecule has 3 aromatic carbocycles. The van der Waals surface area contributed by atoms with Gasteiger partial charge in [0.25, 0.3) is 5.91 Å². The maximum absolute atomic E-state index is 12.5. The molecule has 0 unspecified atom stereocenters. The summed E-state index contributed by atoms with van der Waals surface area (Å²) in [6.07, 6.45) is 0. The van der Waals surface area contributed by atoms with Crippen molar-refractivity contribution in [1.29, 1.82) is 0 Å². The molecule has 25 heavy (non-hydrogen) atoms. The number of rotatable bonds is 5. The monoisotopic (exact) mass is 333 g/mol. The number of nitrogens with two attached hydrogens (primary N) is 1. The van der Waals surface area contributed by atoms with Crippen molar-refractivity contribution < 1.29 is 10.0 Å². The molecule has 0 atom stereocenters. The fraction of sp³-hybridized carbons (Fsp3) is 0.0500. The molecule has 0 bridgehead atoms. The largest absolute Gasteiger partial charge is 0.397 e. The molecule has 0 aliphatic rings. The van der Waals surface area contributed by atoms with Gasteiger partial charge in [0.2, 0.25) is 0 Å². The highest BCUT2D eigenvalue weighted by atomic mass is 16.5. The third kappa shape index (κ3) is 4.03. The molecule has 0 radical (unpaired) electrons. The number of hydrogen-bond donors (Lipinski definition) is 4. The average Bonchev–Trinajstić information content (AvgIpc) is 2.65. The van der Waals surface area contributed by atoms with E-state index in [1.54, 1.807) is 30.3 Å². The lowest BCUT2D eigenvalue weighted by Crippen LogP contribution is -2.13. The molecule has 0 aliphatic heterocycles. The number of hydrogen-bond acceptors (Lipinski definition) is 4. The molecule has 3 aromatic rings. The smallest absolute Gasteiger partial charge is 0.255 e. The fourth-order valence-corrected chi connectivity index (χ4v) is 2.53. The number of carbonyl (C=O) groups excluding carboxylic acids is 1. The summed E-state index contributed by atoms with van der Waals surface area (Å²) in [6, 6.07) is 22.5. The lowest BCUT2D eigenvalue weighted by Gasteiger charge is -2.11. The zero-order valence-corrected chi connectivity index (χ0v) is 13.6. The van der Waals surface area contributed by atoms with Gasteiger partial charge in [0.1, 0.15) is 0 Å². The lowest BCUT2D eigenvalue weighted by atomic mass is 10.0. The molecule has 1 amide bonds. The second-order valence-electron chi connectivity index (χ2n) is 5.65. The molecule has 0 spiro atoms. The summed E-state index contributed by atoms with van der Waals surface area (Å²) in [5.74, 6) is -0.236. The van der Waals surface area contributed by atoms with E-state index in [0.717, 1.165) is 16.7 Å². The Kier molecular flexibility index (Phi) is 5.09. The van der Waals surface area contributed by atoms with Crippen LogP contribution in [0.5, 0.6) is 0 Å². The van der Waals surface area contributed by atoms with Crippen LogP contribution in [0.4, 0.5) is 11.4 Å². The molecule has 126 valence electrons. The van der Waals surface area contributed by atoms with Gasteiger partial charge in [-0.05, 0) is 41.0 Å². The molecule has 5 N–H and O–H groups in total. The van der Waals surface area contributed by atoms with Crippen LogP contribution in [0.25, 0.3) is 11.1 Å². The topological polar surface area (TPSA) is 87.4 Å². The van der Waals surface area contributed by atoms with E-state index < -0.39 is 0 Å². The minimum Gasteiger partial charge on any atom is -0.397 e. The number of nitrogens with one attached hydrogen (secondary N) is 2. The summed E-state index contributed by atoms with van der Waals surface area (Å²) in [7, 11) is 0. The number of anilines is 2. The Balaban J connectivity index is 1.81. The molecule has 0 heterocycles. The third-order valence-corrected chi connectivity index (χ3v) is 3.91. The van der Waals surface area contributed by atoms with Gasteiger partial charge in [-0.25, -0.2) is 5.48 Å². The maximum atomic E-state index is 12.5. The number of amides is 1. The highest BCUT2D eigenvalue weighted by Crippen LogP contribution is 2.27. The fourth-order valence-electron chi connectivity index (χ4n) is 2.53. The normalized spacial score (nSPS) is 10.4. The predicted octanol–water partition coefficient (Wildman–Crippen LogP) is 3.67. The molecular formula is C20H19N3O2. The van der Waals surface area contributed by atoms with Crippen LogP contribution in [0.15, 0.2) is 72.8 Å². The van der Waals surface area contributed by atoms with E-state index in [1.165, 1.54) is 0 Å². The average molecular weight is 333 g/mol. The number of nitrogen functional groups attached to an aromatic ring is 1. The molecular weight excluding hydrogens is 314 g/mol. The van der Waals surface area contributed by atoms with Crippen molar-refractivity contribution >= 4 is 17.3 Å². The Hall–Kier alpha value is -3.15. The van der Waals surface area contributed by atoms with Gasteiger partial charge >= 0.3 is 0 Å². The van der Waals surface area contributed by atoms with E-state index in [2.05, 4.69) is 10.8 Å². The zero-order chi connectivity index (χ0) is 17.6. The van der Waals surface area contributed by atoms with Gasteiger partial charge < -0.3 is 16.3 Å². The van der Waals surface area contributed by atoms with Crippen LogP contribution in [0, 0.1) is 0 Å². The standard InChI is InChI=1S/C20H19N3O2/c21-18-11-10-17(15-4-2-1-3-5-15)12-19(18)23-20(24)16-8-6-14(7-9-16)13-22-25/h1-12,22,25H,13,21H2,(H,23,24). The first-order valence-corrected chi connectivity index (χ1v) is 7.89. The third-order valence-electron chi connectivity index (χ3n) is 3.91. The van der Waals surface area contributed by atoms with Gasteiger partial charge in [-0.2, -0.15) is 0 Å². The highest BCUT2D eigenvalue weighted by molar-refractivity contribution is 6.06. The predicted molar refractivity (Wildman–Crippen MR) is 99.3 cm³/mol. The number of benzene rings is 3. The Morgan fingerprint density at radius 1 is 0.920 bits per heavy atom. The molecule has 0 saturated carbocycles. The van der Waals surface area contributed by atoms with Crippen LogP contribution in [0.1, 0.15) is 15.9 Å².